The monoisotopic (exact) mass is 618 g/mol. The maximum Gasteiger partial charge on any atom is 0.490 e. The number of H-pyrrole nitrogens is 1. The number of aromatic nitrogens is 2. The molecular weight excluding hydrogens is 590 g/mol. The minimum absolute atomic E-state index is 0.329. The van der Waals surface area contributed by atoms with Gasteiger partial charge in [0, 0.05) is 50.5 Å². The van der Waals surface area contributed by atoms with Crippen molar-refractivity contribution in [3.8, 4) is 22.9 Å². The third-order valence-electron chi connectivity index (χ3n) is 6.20. The van der Waals surface area contributed by atoms with E-state index in [4.69, 9.17) is 34.3 Å². The number of benzene rings is 2. The van der Waals surface area contributed by atoms with E-state index in [2.05, 4.69) is 46.0 Å². The lowest BCUT2D eigenvalue weighted by Gasteiger charge is -2.34. The number of nitrogens with zero attached hydrogens (tertiary/aromatic N) is 3. The number of rotatable bonds is 5. The number of aliphatic carboxylic acids is 2. The number of carboxylic acid groups (broad SMARTS) is 2. The molecule has 3 heterocycles. The number of aryl methyl sites for hydroxylation is 1. The predicted molar refractivity (Wildman–Crippen MR) is 139 cm³/mol. The van der Waals surface area contributed by atoms with Gasteiger partial charge in [-0.3, -0.25) is 9.80 Å². The number of hydrogen-bond acceptors (Lipinski definition) is 7. The van der Waals surface area contributed by atoms with Gasteiger partial charge in [0.25, 0.3) is 0 Å². The zero-order valence-corrected chi connectivity index (χ0v) is 22.7. The Balaban J connectivity index is 0.000000303. The lowest BCUT2D eigenvalue weighted by atomic mass is 10.1. The zero-order valence-electron chi connectivity index (χ0n) is 22.7. The van der Waals surface area contributed by atoms with E-state index in [9.17, 15) is 26.3 Å². The molecule has 0 unspecified atom stereocenters. The minimum atomic E-state index is -5.08. The molecule has 0 amide bonds. The van der Waals surface area contributed by atoms with E-state index in [1.54, 1.807) is 0 Å². The molecule has 0 aliphatic carbocycles. The molecule has 2 aromatic carbocycles. The van der Waals surface area contributed by atoms with Crippen molar-refractivity contribution in [3.05, 3.63) is 65.5 Å². The fourth-order valence-corrected chi connectivity index (χ4v) is 4.00. The van der Waals surface area contributed by atoms with Crippen LogP contribution in [0.25, 0.3) is 11.4 Å². The van der Waals surface area contributed by atoms with Crippen LogP contribution in [0.1, 0.15) is 17.0 Å². The third kappa shape index (κ3) is 10.2. The third-order valence-corrected chi connectivity index (χ3v) is 6.20. The smallest absolute Gasteiger partial charge is 0.475 e. The van der Waals surface area contributed by atoms with Crippen molar-refractivity contribution in [2.24, 2.45) is 0 Å². The Kier molecular flexibility index (Phi) is 11.0. The summed E-state index contributed by atoms with van der Waals surface area (Å²) >= 11 is 0. The molecule has 5 rings (SSSR count). The lowest BCUT2D eigenvalue weighted by Crippen LogP contribution is -2.45. The summed E-state index contributed by atoms with van der Waals surface area (Å²) in [6.07, 6.45) is -10.2. The van der Waals surface area contributed by atoms with Gasteiger partial charge in [-0.15, -0.1) is 0 Å². The molecule has 1 saturated heterocycles. The van der Waals surface area contributed by atoms with Crippen LogP contribution in [-0.2, 0) is 22.7 Å². The Labute approximate surface area is 241 Å². The average molecular weight is 619 g/mol. The Morgan fingerprint density at radius 1 is 0.837 bits per heavy atom. The van der Waals surface area contributed by atoms with Crippen LogP contribution in [0.3, 0.4) is 0 Å². The molecule has 0 spiro atoms. The van der Waals surface area contributed by atoms with Crippen molar-refractivity contribution in [2.45, 2.75) is 32.4 Å². The topological polar surface area (TPSA) is 128 Å². The number of ether oxygens (including phenoxy) is 2. The number of nitrogens with one attached hydrogen (secondary N) is 1. The van der Waals surface area contributed by atoms with Crippen molar-refractivity contribution in [2.75, 3.05) is 33.0 Å². The number of alkyl halides is 6. The van der Waals surface area contributed by atoms with Crippen LogP contribution in [0.15, 0.2) is 48.5 Å². The maximum atomic E-state index is 10.6. The van der Waals surface area contributed by atoms with Crippen LogP contribution in [0, 0.1) is 6.92 Å². The lowest BCUT2D eigenvalue weighted by molar-refractivity contribution is -0.193. The molecule has 234 valence electrons. The van der Waals surface area contributed by atoms with E-state index < -0.39 is 24.3 Å². The Morgan fingerprint density at radius 3 is 1.88 bits per heavy atom. The molecule has 2 aliphatic heterocycles. The van der Waals surface area contributed by atoms with Crippen LogP contribution >= 0.6 is 0 Å². The van der Waals surface area contributed by atoms with Crippen molar-refractivity contribution in [3.63, 3.8) is 0 Å². The first-order chi connectivity index (χ1) is 20.1. The Morgan fingerprint density at radius 2 is 1.35 bits per heavy atom. The van der Waals surface area contributed by atoms with E-state index in [0.29, 0.717) is 6.79 Å². The predicted octanol–water partition coefficient (Wildman–Crippen LogP) is 4.70. The van der Waals surface area contributed by atoms with Crippen LogP contribution in [0.4, 0.5) is 26.3 Å². The number of halogens is 6. The highest BCUT2D eigenvalue weighted by Crippen LogP contribution is 2.33. The van der Waals surface area contributed by atoms with Crippen LogP contribution in [0.5, 0.6) is 11.5 Å². The first-order valence-corrected chi connectivity index (χ1v) is 12.7. The highest BCUT2D eigenvalue weighted by molar-refractivity contribution is 5.73. The van der Waals surface area contributed by atoms with Gasteiger partial charge in [-0.05, 0) is 24.6 Å². The van der Waals surface area contributed by atoms with Gasteiger partial charge in [-0.2, -0.15) is 26.3 Å². The van der Waals surface area contributed by atoms with Crippen molar-refractivity contribution >= 4 is 11.9 Å². The number of carbonyl (C=O) groups is 2. The highest BCUT2D eigenvalue weighted by atomic mass is 19.4. The molecule has 3 N–H and O–H groups in total. The van der Waals surface area contributed by atoms with Gasteiger partial charge in [0.05, 0.1) is 5.69 Å². The van der Waals surface area contributed by atoms with Crippen LogP contribution in [-0.4, -0.2) is 87.2 Å². The van der Waals surface area contributed by atoms with Gasteiger partial charge in [0.1, 0.15) is 5.82 Å². The second-order valence-corrected chi connectivity index (χ2v) is 9.37. The van der Waals surface area contributed by atoms with E-state index in [-0.39, 0.29) is 0 Å². The number of imidazole rings is 1. The summed E-state index contributed by atoms with van der Waals surface area (Å²) in [5.74, 6) is -2.84. The molecule has 16 heteroatoms. The molecule has 0 atom stereocenters. The number of carboxylic acids is 2. The van der Waals surface area contributed by atoms with Crippen LogP contribution < -0.4 is 9.47 Å². The van der Waals surface area contributed by atoms with E-state index in [1.165, 1.54) is 5.56 Å². The molecule has 43 heavy (non-hydrogen) atoms. The second kappa shape index (κ2) is 14.2. The minimum Gasteiger partial charge on any atom is -0.475 e. The van der Waals surface area contributed by atoms with Gasteiger partial charge >= 0.3 is 24.3 Å². The normalized spacial score (nSPS) is 15.1. The Hall–Kier alpha value is -4.31. The SMILES string of the molecule is Cc1[nH]c(-c2ccccc2)nc1CN1CCN(Cc2ccc3c(c2)OCO3)CC1.O=C(O)C(F)(F)F.O=C(O)C(F)(F)F. The fourth-order valence-electron chi connectivity index (χ4n) is 4.00. The summed E-state index contributed by atoms with van der Waals surface area (Å²) < 4.78 is 74.4. The molecule has 10 nitrogen and oxygen atoms in total. The van der Waals surface area contributed by atoms with Gasteiger partial charge < -0.3 is 24.7 Å². The van der Waals surface area contributed by atoms with E-state index in [0.717, 1.165) is 73.5 Å². The van der Waals surface area contributed by atoms with Crippen LogP contribution in [0.2, 0.25) is 0 Å². The molecule has 0 radical (unpaired) electrons. The summed E-state index contributed by atoms with van der Waals surface area (Å²) in [5, 5.41) is 14.2. The van der Waals surface area contributed by atoms with Crippen molar-refractivity contribution < 1.29 is 55.6 Å². The van der Waals surface area contributed by atoms with Gasteiger partial charge in [0.15, 0.2) is 11.5 Å². The average Bonchev–Trinajstić information content (AvgIpc) is 3.56. The molecule has 0 saturated carbocycles. The standard InChI is InChI=1S/C23H26N4O2.2C2HF3O2/c1-17-20(25-23(24-17)19-5-3-2-4-6-19)15-27-11-9-26(10-12-27)14-18-7-8-21-22(13-18)29-16-28-21;2*3-2(4,5)1(6)7/h2-8,13H,9-12,14-16H2,1H3,(H,24,25);2*(H,6,7). The number of fused-ring (bicyclic) bond motifs is 1. The zero-order chi connectivity index (χ0) is 31.8. The van der Waals surface area contributed by atoms with E-state index in [1.807, 2.05) is 24.3 Å². The van der Waals surface area contributed by atoms with Gasteiger partial charge in [0.2, 0.25) is 6.79 Å². The molecule has 0 bridgehead atoms. The molecular formula is C27H28F6N4O6. The van der Waals surface area contributed by atoms with Gasteiger partial charge in [-0.1, -0.05) is 36.4 Å². The molecule has 2 aliphatic rings. The second-order valence-electron chi connectivity index (χ2n) is 9.37. The van der Waals surface area contributed by atoms with Gasteiger partial charge in [-0.25, -0.2) is 14.6 Å². The summed E-state index contributed by atoms with van der Waals surface area (Å²) in [4.78, 5) is 31.1. The molecule has 1 aromatic heterocycles. The first kappa shape index (κ1) is 33.2. The first-order valence-electron chi connectivity index (χ1n) is 12.7. The Bertz CT molecular complexity index is 1350. The van der Waals surface area contributed by atoms with Crippen molar-refractivity contribution in [1.82, 2.24) is 19.8 Å². The molecule has 1 fully saturated rings. The molecule has 3 aromatic rings. The maximum absolute atomic E-state index is 10.6. The summed E-state index contributed by atoms with van der Waals surface area (Å²) in [5.41, 5.74) is 4.72. The van der Waals surface area contributed by atoms with E-state index >= 15 is 0 Å². The fraction of sp³-hybridized carbons (Fsp3) is 0.370. The number of aromatic amines is 1. The number of piperazine rings is 1. The quantitative estimate of drug-likeness (QED) is 0.349. The number of hydrogen-bond donors (Lipinski definition) is 3. The van der Waals surface area contributed by atoms with Crippen molar-refractivity contribution in [1.29, 1.82) is 0 Å². The summed E-state index contributed by atoms with van der Waals surface area (Å²) in [6.45, 7) is 8.51. The largest absolute Gasteiger partial charge is 0.490 e. The summed E-state index contributed by atoms with van der Waals surface area (Å²) in [6, 6.07) is 16.6. The summed E-state index contributed by atoms with van der Waals surface area (Å²) in [7, 11) is 0. The highest BCUT2D eigenvalue weighted by Gasteiger charge is 2.38.